The van der Waals surface area contributed by atoms with Crippen LogP contribution in [0.3, 0.4) is 0 Å². The molecule has 0 saturated heterocycles. The first kappa shape index (κ1) is 21.5. The van der Waals surface area contributed by atoms with Gasteiger partial charge in [0.05, 0.1) is 27.5 Å². The van der Waals surface area contributed by atoms with Crippen LogP contribution in [-0.4, -0.2) is 42.9 Å². The largest absolute Gasteiger partial charge is 0.492 e. The van der Waals surface area contributed by atoms with E-state index in [1.165, 1.54) is 22.9 Å². The predicted octanol–water partition coefficient (Wildman–Crippen LogP) is 3.74. The Kier molecular flexibility index (Phi) is 6.85. The van der Waals surface area contributed by atoms with Gasteiger partial charge >= 0.3 is 0 Å². The van der Waals surface area contributed by atoms with Gasteiger partial charge in [-0.1, -0.05) is 35.5 Å². The molecule has 12 heteroatoms. The number of carbonyl (C=O) groups is 1. The van der Waals surface area contributed by atoms with Crippen molar-refractivity contribution in [2.45, 2.75) is 24.3 Å². The minimum atomic E-state index is -0.583. The minimum absolute atomic E-state index is 0.0743. The number of amides is 1. The maximum atomic E-state index is 12.6. The molecule has 3 rings (SSSR count). The third kappa shape index (κ3) is 4.86. The minimum Gasteiger partial charge on any atom is -0.492 e. The van der Waals surface area contributed by atoms with Crippen LogP contribution in [0.5, 0.6) is 5.75 Å². The molecule has 1 heterocycles. The number of halogens is 1. The van der Waals surface area contributed by atoms with Crippen LogP contribution < -0.4 is 10.1 Å². The third-order valence-electron chi connectivity index (χ3n) is 3.91. The van der Waals surface area contributed by atoms with Crippen LogP contribution in [-0.2, 0) is 4.79 Å². The van der Waals surface area contributed by atoms with Crippen LogP contribution in [0.15, 0.2) is 47.6 Å². The zero-order valence-corrected chi connectivity index (χ0v) is 17.6. The Labute approximate surface area is 180 Å². The zero-order chi connectivity index (χ0) is 21.7. The molecule has 0 bridgehead atoms. The number of thioether (sulfide) groups is 1. The van der Waals surface area contributed by atoms with Crippen LogP contribution in [0.2, 0.25) is 5.02 Å². The molecule has 30 heavy (non-hydrogen) atoms. The molecule has 1 atom stereocenters. The van der Waals surface area contributed by atoms with E-state index in [-0.39, 0.29) is 22.3 Å². The second-order valence-electron chi connectivity index (χ2n) is 5.94. The third-order valence-corrected chi connectivity index (χ3v) is 5.25. The lowest BCUT2D eigenvalue weighted by Crippen LogP contribution is -2.23. The molecule has 0 aliphatic rings. The summed E-state index contributed by atoms with van der Waals surface area (Å²) in [5.41, 5.74) is 0.770. The van der Waals surface area contributed by atoms with E-state index in [2.05, 4.69) is 20.8 Å². The number of tetrazole rings is 1. The molecule has 0 aliphatic carbocycles. The Morgan fingerprint density at radius 3 is 2.83 bits per heavy atom. The Balaban J connectivity index is 1.75. The fraction of sp³-hybridized carbons (Fsp3) is 0.222. The van der Waals surface area contributed by atoms with Crippen LogP contribution in [0.1, 0.15) is 13.8 Å². The fourth-order valence-corrected chi connectivity index (χ4v) is 3.50. The van der Waals surface area contributed by atoms with Crippen LogP contribution in [0, 0.1) is 10.1 Å². The van der Waals surface area contributed by atoms with E-state index in [9.17, 15) is 14.9 Å². The van der Waals surface area contributed by atoms with Gasteiger partial charge in [0, 0.05) is 12.1 Å². The number of para-hydroxylation sites is 2. The van der Waals surface area contributed by atoms with Crippen molar-refractivity contribution in [3.8, 4) is 11.4 Å². The summed E-state index contributed by atoms with van der Waals surface area (Å²) in [5, 5.41) is 25.1. The summed E-state index contributed by atoms with van der Waals surface area (Å²) in [6.45, 7) is 4.05. The number of carbonyl (C=O) groups excluding carboxylic acids is 1. The fourth-order valence-electron chi connectivity index (χ4n) is 2.48. The molecular formula is C18H17ClN6O4S. The van der Waals surface area contributed by atoms with Crippen molar-refractivity contribution in [2.75, 3.05) is 11.9 Å². The Morgan fingerprint density at radius 2 is 2.13 bits per heavy atom. The number of hydrogen-bond acceptors (Lipinski definition) is 8. The maximum Gasteiger partial charge on any atom is 0.271 e. The molecule has 1 aromatic heterocycles. The molecule has 0 aliphatic heterocycles. The molecule has 2 aromatic carbocycles. The van der Waals surface area contributed by atoms with Crippen molar-refractivity contribution in [3.05, 3.63) is 57.6 Å². The van der Waals surface area contributed by atoms with Crippen molar-refractivity contribution in [1.29, 1.82) is 0 Å². The number of rotatable bonds is 8. The van der Waals surface area contributed by atoms with Crippen molar-refractivity contribution in [1.82, 2.24) is 20.2 Å². The Bertz CT molecular complexity index is 1080. The number of aromatic nitrogens is 4. The number of nitrogens with zero attached hydrogens (tertiary/aromatic N) is 5. The monoisotopic (exact) mass is 448 g/mol. The lowest BCUT2D eigenvalue weighted by atomic mass is 10.2. The lowest BCUT2D eigenvalue weighted by Gasteiger charge is -2.14. The number of nitro groups is 1. The van der Waals surface area contributed by atoms with Gasteiger partial charge < -0.3 is 10.1 Å². The number of ether oxygens (including phenoxy) is 1. The standard InChI is InChI=1S/C18H17ClN6O4S/c1-3-29-16-7-5-4-6-15(16)24-18(21-22-23-24)30-11(2)17(26)20-14-9-8-12(25(27)28)10-13(14)19/h4-11H,3H2,1-2H3,(H,20,26). The Morgan fingerprint density at radius 1 is 1.37 bits per heavy atom. The summed E-state index contributed by atoms with van der Waals surface area (Å²) in [6.07, 6.45) is 0. The number of hydrogen-bond donors (Lipinski definition) is 1. The summed E-state index contributed by atoms with van der Waals surface area (Å²) < 4.78 is 7.12. The molecule has 0 radical (unpaired) electrons. The molecule has 1 N–H and O–H groups in total. The van der Waals surface area contributed by atoms with Crippen molar-refractivity contribution >= 4 is 40.6 Å². The summed E-state index contributed by atoms with van der Waals surface area (Å²) in [5.74, 6) is 0.257. The van der Waals surface area contributed by atoms with Crippen molar-refractivity contribution < 1.29 is 14.5 Å². The highest BCUT2D eigenvalue weighted by Crippen LogP contribution is 2.30. The van der Waals surface area contributed by atoms with Gasteiger partial charge in [0.25, 0.3) is 5.69 Å². The topological polar surface area (TPSA) is 125 Å². The molecular weight excluding hydrogens is 432 g/mol. The summed E-state index contributed by atoms with van der Waals surface area (Å²) in [4.78, 5) is 22.9. The van der Waals surface area contributed by atoms with E-state index in [0.29, 0.717) is 23.2 Å². The first-order chi connectivity index (χ1) is 14.4. The highest BCUT2D eigenvalue weighted by molar-refractivity contribution is 8.00. The molecule has 1 unspecified atom stereocenters. The number of anilines is 1. The average molecular weight is 449 g/mol. The van der Waals surface area contributed by atoms with Gasteiger partial charge in [-0.05, 0) is 42.5 Å². The van der Waals surface area contributed by atoms with Gasteiger partial charge in [0.2, 0.25) is 11.1 Å². The van der Waals surface area contributed by atoms with Gasteiger partial charge in [-0.25, -0.2) is 0 Å². The average Bonchev–Trinajstić information content (AvgIpc) is 3.17. The van der Waals surface area contributed by atoms with E-state index in [0.717, 1.165) is 11.8 Å². The maximum absolute atomic E-state index is 12.6. The first-order valence-corrected chi connectivity index (χ1v) is 10.1. The van der Waals surface area contributed by atoms with Gasteiger partial charge in [-0.2, -0.15) is 4.68 Å². The molecule has 10 nitrogen and oxygen atoms in total. The number of non-ortho nitro benzene ring substituents is 1. The SMILES string of the molecule is CCOc1ccccc1-n1nnnc1SC(C)C(=O)Nc1ccc([N+](=O)[O-])cc1Cl. The normalized spacial score (nSPS) is 11.7. The summed E-state index contributed by atoms with van der Waals surface area (Å²) >= 11 is 7.19. The van der Waals surface area contributed by atoms with E-state index in [4.69, 9.17) is 16.3 Å². The Hall–Kier alpha value is -3.18. The predicted molar refractivity (Wildman–Crippen MR) is 112 cm³/mol. The molecule has 3 aromatic rings. The van der Waals surface area contributed by atoms with E-state index in [1.54, 1.807) is 6.92 Å². The molecule has 0 saturated carbocycles. The van der Waals surface area contributed by atoms with Crippen molar-refractivity contribution in [3.63, 3.8) is 0 Å². The lowest BCUT2D eigenvalue weighted by molar-refractivity contribution is -0.384. The van der Waals surface area contributed by atoms with Crippen LogP contribution >= 0.6 is 23.4 Å². The van der Waals surface area contributed by atoms with Crippen LogP contribution in [0.4, 0.5) is 11.4 Å². The summed E-state index contributed by atoms with van der Waals surface area (Å²) in [6, 6.07) is 11.1. The highest BCUT2D eigenvalue weighted by atomic mass is 35.5. The number of nitro benzene ring substituents is 1. The van der Waals surface area contributed by atoms with E-state index in [1.807, 2.05) is 31.2 Å². The number of nitrogens with one attached hydrogen (secondary N) is 1. The molecule has 156 valence electrons. The van der Waals surface area contributed by atoms with Gasteiger partial charge in [0.1, 0.15) is 11.4 Å². The quantitative estimate of drug-likeness (QED) is 0.314. The molecule has 1 amide bonds. The summed E-state index contributed by atoms with van der Waals surface area (Å²) in [7, 11) is 0. The van der Waals surface area contributed by atoms with Gasteiger partial charge in [-0.15, -0.1) is 5.10 Å². The zero-order valence-electron chi connectivity index (χ0n) is 16.0. The van der Waals surface area contributed by atoms with Crippen LogP contribution in [0.25, 0.3) is 5.69 Å². The first-order valence-electron chi connectivity index (χ1n) is 8.82. The van der Waals surface area contributed by atoms with Crippen molar-refractivity contribution in [2.24, 2.45) is 0 Å². The van der Waals surface area contributed by atoms with E-state index < -0.39 is 10.2 Å². The number of benzene rings is 2. The molecule has 0 fully saturated rings. The highest BCUT2D eigenvalue weighted by Gasteiger charge is 2.22. The van der Waals surface area contributed by atoms with Gasteiger partial charge in [-0.3, -0.25) is 14.9 Å². The molecule has 0 spiro atoms. The van der Waals surface area contributed by atoms with E-state index >= 15 is 0 Å². The smallest absolute Gasteiger partial charge is 0.271 e. The second-order valence-corrected chi connectivity index (χ2v) is 7.66. The second kappa shape index (κ2) is 9.55. The van der Waals surface area contributed by atoms with Gasteiger partial charge in [0.15, 0.2) is 0 Å².